The minimum atomic E-state index is -4.42. The van der Waals surface area contributed by atoms with Crippen molar-refractivity contribution >= 4 is 34.0 Å². The Balaban J connectivity index is 1.62. The highest BCUT2D eigenvalue weighted by molar-refractivity contribution is 6.03. The molecule has 0 aliphatic rings. The molecule has 0 unspecified atom stereocenters. The van der Waals surface area contributed by atoms with Gasteiger partial charge in [-0.25, -0.2) is 9.97 Å². The standard InChI is InChI=1S/C25H21F3N6O/c1-34(2)19-12-8-17(9-13-19)20(16-6-10-18(11-7-16)25(26,27)28)4-3-5-22(35)32-23-21-14-31-33-24(21)30-15-29-23/h3-15H,1-2H3,(H2,29,30,31,32,33,35)/b5-3+,20-4+. The summed E-state index contributed by atoms with van der Waals surface area (Å²) in [6.45, 7) is 0. The Labute approximate surface area is 199 Å². The number of anilines is 2. The van der Waals surface area contributed by atoms with Gasteiger partial charge < -0.3 is 10.2 Å². The first kappa shape index (κ1) is 23.7. The SMILES string of the molecule is CN(C)c1ccc(/C(=C/C=C/C(=O)Nc2ncnc3[nH]ncc23)c2ccc(C(F)(F)F)cc2)cc1. The highest BCUT2D eigenvalue weighted by atomic mass is 19.4. The lowest BCUT2D eigenvalue weighted by atomic mass is 9.96. The van der Waals surface area contributed by atoms with Crippen LogP contribution < -0.4 is 10.2 Å². The molecule has 0 radical (unpaired) electrons. The summed E-state index contributed by atoms with van der Waals surface area (Å²) in [6.07, 6.45) is 2.92. The Bertz CT molecular complexity index is 1390. The third kappa shape index (κ3) is 5.55. The van der Waals surface area contributed by atoms with E-state index in [-0.39, 0.29) is 0 Å². The molecule has 2 aromatic carbocycles. The van der Waals surface area contributed by atoms with Crippen molar-refractivity contribution in [1.82, 2.24) is 20.2 Å². The monoisotopic (exact) mass is 478 g/mol. The van der Waals surface area contributed by atoms with Crippen LogP contribution in [0.2, 0.25) is 0 Å². The number of H-pyrrole nitrogens is 1. The van der Waals surface area contributed by atoms with E-state index in [1.807, 2.05) is 43.3 Å². The third-order valence-electron chi connectivity index (χ3n) is 5.22. The Morgan fingerprint density at radius 3 is 2.29 bits per heavy atom. The molecule has 35 heavy (non-hydrogen) atoms. The van der Waals surface area contributed by atoms with E-state index in [4.69, 9.17) is 0 Å². The summed E-state index contributed by atoms with van der Waals surface area (Å²) in [5.41, 5.74) is 2.77. The molecule has 2 N–H and O–H groups in total. The third-order valence-corrected chi connectivity index (χ3v) is 5.22. The average Bonchev–Trinajstić information content (AvgIpc) is 3.32. The van der Waals surface area contributed by atoms with Crippen molar-refractivity contribution in [1.29, 1.82) is 0 Å². The van der Waals surface area contributed by atoms with E-state index in [2.05, 4.69) is 25.5 Å². The second-order valence-corrected chi connectivity index (χ2v) is 7.80. The molecule has 4 aromatic rings. The van der Waals surface area contributed by atoms with Crippen molar-refractivity contribution in [2.24, 2.45) is 0 Å². The highest BCUT2D eigenvalue weighted by Gasteiger charge is 2.30. The van der Waals surface area contributed by atoms with Crippen LogP contribution in [-0.2, 0) is 11.0 Å². The number of carbonyl (C=O) groups is 1. The number of rotatable bonds is 6. The summed E-state index contributed by atoms with van der Waals surface area (Å²) in [4.78, 5) is 22.5. The smallest absolute Gasteiger partial charge is 0.378 e. The van der Waals surface area contributed by atoms with E-state index < -0.39 is 17.6 Å². The fraction of sp³-hybridized carbons (Fsp3) is 0.120. The van der Waals surface area contributed by atoms with E-state index in [0.717, 1.165) is 23.4 Å². The van der Waals surface area contributed by atoms with Gasteiger partial charge in [0.2, 0.25) is 5.91 Å². The summed E-state index contributed by atoms with van der Waals surface area (Å²) < 4.78 is 39.1. The van der Waals surface area contributed by atoms with E-state index in [9.17, 15) is 18.0 Å². The first-order valence-corrected chi connectivity index (χ1v) is 10.5. The molecule has 2 aromatic heterocycles. The quantitative estimate of drug-likeness (QED) is 0.299. The van der Waals surface area contributed by atoms with Crippen LogP contribution in [0.4, 0.5) is 24.7 Å². The molecule has 0 bridgehead atoms. The molecule has 0 saturated heterocycles. The van der Waals surface area contributed by atoms with Crippen LogP contribution in [0.25, 0.3) is 16.6 Å². The summed E-state index contributed by atoms with van der Waals surface area (Å²) >= 11 is 0. The zero-order valence-electron chi connectivity index (χ0n) is 18.8. The number of carbonyl (C=O) groups excluding carboxylic acids is 1. The number of nitrogens with one attached hydrogen (secondary N) is 2. The molecule has 0 spiro atoms. The number of benzene rings is 2. The van der Waals surface area contributed by atoms with Crippen LogP contribution in [0.3, 0.4) is 0 Å². The van der Waals surface area contributed by atoms with E-state index in [0.29, 0.717) is 28.0 Å². The number of aromatic nitrogens is 4. The van der Waals surface area contributed by atoms with Gasteiger partial charge in [-0.2, -0.15) is 18.3 Å². The summed E-state index contributed by atoms with van der Waals surface area (Å²) in [5.74, 6) is -0.123. The number of hydrogen-bond donors (Lipinski definition) is 2. The number of halogens is 3. The van der Waals surface area contributed by atoms with Crippen molar-refractivity contribution in [3.05, 3.63) is 96.0 Å². The molecule has 0 fully saturated rings. The van der Waals surface area contributed by atoms with Crippen LogP contribution in [0.5, 0.6) is 0 Å². The van der Waals surface area contributed by atoms with Gasteiger partial charge in [-0.05, 0) is 41.0 Å². The second-order valence-electron chi connectivity index (χ2n) is 7.80. The minimum absolute atomic E-state index is 0.310. The largest absolute Gasteiger partial charge is 0.416 e. The van der Waals surface area contributed by atoms with Gasteiger partial charge in [-0.15, -0.1) is 0 Å². The van der Waals surface area contributed by atoms with Crippen molar-refractivity contribution in [2.75, 3.05) is 24.3 Å². The van der Waals surface area contributed by atoms with Crippen molar-refractivity contribution < 1.29 is 18.0 Å². The van der Waals surface area contributed by atoms with Gasteiger partial charge in [0, 0.05) is 25.9 Å². The van der Waals surface area contributed by atoms with Gasteiger partial charge in [0.25, 0.3) is 0 Å². The molecule has 0 aliphatic carbocycles. The Kier molecular flexibility index (Phi) is 6.63. The lowest BCUT2D eigenvalue weighted by Gasteiger charge is -2.14. The zero-order chi connectivity index (χ0) is 25.0. The summed E-state index contributed by atoms with van der Waals surface area (Å²) in [5, 5.41) is 9.82. The van der Waals surface area contributed by atoms with Crippen molar-refractivity contribution in [2.45, 2.75) is 6.18 Å². The number of allylic oxidation sites excluding steroid dienone is 2. The van der Waals surface area contributed by atoms with Gasteiger partial charge in [0.05, 0.1) is 17.1 Å². The number of aromatic amines is 1. The van der Waals surface area contributed by atoms with Crippen LogP contribution in [0.1, 0.15) is 16.7 Å². The average molecular weight is 478 g/mol. The molecule has 0 aliphatic heterocycles. The molecule has 10 heteroatoms. The minimum Gasteiger partial charge on any atom is -0.378 e. The van der Waals surface area contributed by atoms with Crippen LogP contribution in [0.15, 0.2) is 79.3 Å². The molecule has 4 rings (SSSR count). The zero-order valence-corrected chi connectivity index (χ0v) is 18.8. The molecular weight excluding hydrogens is 457 g/mol. The van der Waals surface area contributed by atoms with Crippen molar-refractivity contribution in [3.8, 4) is 0 Å². The van der Waals surface area contributed by atoms with Gasteiger partial charge in [0.1, 0.15) is 12.1 Å². The lowest BCUT2D eigenvalue weighted by molar-refractivity contribution is -0.137. The first-order valence-electron chi connectivity index (χ1n) is 10.5. The van der Waals surface area contributed by atoms with Gasteiger partial charge in [-0.1, -0.05) is 36.4 Å². The maximum Gasteiger partial charge on any atom is 0.416 e. The number of alkyl halides is 3. The van der Waals surface area contributed by atoms with E-state index >= 15 is 0 Å². The summed E-state index contributed by atoms with van der Waals surface area (Å²) in [7, 11) is 3.83. The normalized spacial score (nSPS) is 12.3. The van der Waals surface area contributed by atoms with E-state index in [1.54, 1.807) is 6.08 Å². The molecule has 1 amide bonds. The van der Waals surface area contributed by atoms with Crippen LogP contribution in [0, 0.1) is 0 Å². The maximum absolute atomic E-state index is 13.0. The molecule has 7 nitrogen and oxygen atoms in total. The predicted octanol–water partition coefficient (Wildman–Crippen LogP) is 5.06. The predicted molar refractivity (Wildman–Crippen MR) is 129 cm³/mol. The Morgan fingerprint density at radius 1 is 1.00 bits per heavy atom. The number of hydrogen-bond acceptors (Lipinski definition) is 5. The highest BCUT2D eigenvalue weighted by Crippen LogP contribution is 2.32. The molecule has 2 heterocycles. The lowest BCUT2D eigenvalue weighted by Crippen LogP contribution is -2.09. The molecule has 0 atom stereocenters. The number of nitrogens with zero attached hydrogens (tertiary/aromatic N) is 4. The maximum atomic E-state index is 13.0. The molecule has 0 saturated carbocycles. The number of amides is 1. The number of fused-ring (bicyclic) bond motifs is 1. The van der Waals surface area contributed by atoms with Crippen molar-refractivity contribution in [3.63, 3.8) is 0 Å². The van der Waals surface area contributed by atoms with E-state index in [1.165, 1.54) is 36.8 Å². The van der Waals surface area contributed by atoms with Gasteiger partial charge in [-0.3, -0.25) is 9.89 Å². The van der Waals surface area contributed by atoms with Crippen LogP contribution >= 0.6 is 0 Å². The second kappa shape index (κ2) is 9.80. The van der Waals surface area contributed by atoms with Crippen LogP contribution in [-0.4, -0.2) is 40.2 Å². The molecule has 178 valence electrons. The fourth-order valence-corrected chi connectivity index (χ4v) is 3.39. The van der Waals surface area contributed by atoms with Gasteiger partial charge in [0.15, 0.2) is 5.65 Å². The van der Waals surface area contributed by atoms with Gasteiger partial charge >= 0.3 is 6.18 Å². The Morgan fingerprint density at radius 2 is 1.66 bits per heavy atom. The fourth-order valence-electron chi connectivity index (χ4n) is 3.39. The first-order chi connectivity index (χ1) is 16.7. The summed E-state index contributed by atoms with van der Waals surface area (Å²) in [6, 6.07) is 12.5. The Hall–Kier alpha value is -4.47. The topological polar surface area (TPSA) is 86.8 Å². The molecular formula is C25H21F3N6O.